The number of carboxylic acid groups (broad SMARTS) is 1. The van der Waals surface area contributed by atoms with Crippen molar-refractivity contribution in [3.63, 3.8) is 0 Å². The molecule has 0 amide bonds. The number of benzene rings is 1. The zero-order chi connectivity index (χ0) is 14.8. The van der Waals surface area contributed by atoms with Crippen LogP contribution in [0.2, 0.25) is 0 Å². The van der Waals surface area contributed by atoms with E-state index in [1.807, 2.05) is 6.92 Å². The molecule has 1 heterocycles. The normalized spacial score (nSPS) is 21.4. The van der Waals surface area contributed by atoms with E-state index in [9.17, 15) is 13.2 Å². The van der Waals surface area contributed by atoms with Crippen LogP contribution < -0.4 is 0 Å². The van der Waals surface area contributed by atoms with Gasteiger partial charge in [-0.2, -0.15) is 4.31 Å². The van der Waals surface area contributed by atoms with Crippen molar-refractivity contribution in [1.29, 1.82) is 0 Å². The predicted octanol–water partition coefficient (Wildman–Crippen LogP) is 2.34. The van der Waals surface area contributed by atoms with Gasteiger partial charge in [-0.05, 0) is 31.9 Å². The Morgan fingerprint density at radius 2 is 1.95 bits per heavy atom. The Bertz CT molecular complexity index is 597. The number of carboxylic acids is 1. The summed E-state index contributed by atoms with van der Waals surface area (Å²) in [5.74, 6) is -1.22. The van der Waals surface area contributed by atoms with E-state index in [4.69, 9.17) is 5.11 Å². The number of hydrogen-bond acceptors (Lipinski definition) is 3. The molecular weight excluding hydrogens is 278 g/mol. The zero-order valence-electron chi connectivity index (χ0n) is 11.4. The zero-order valence-corrected chi connectivity index (χ0v) is 12.3. The molecule has 1 aliphatic rings. The summed E-state index contributed by atoms with van der Waals surface area (Å²) in [4.78, 5) is 11.1. The number of carbonyl (C=O) groups is 1. The Labute approximate surface area is 119 Å². The largest absolute Gasteiger partial charge is 0.478 e. The monoisotopic (exact) mass is 297 g/mol. The maximum atomic E-state index is 12.7. The second-order valence-corrected chi connectivity index (χ2v) is 6.97. The van der Waals surface area contributed by atoms with Crippen molar-refractivity contribution in [1.82, 2.24) is 4.31 Å². The molecule has 1 N–H and O–H groups in total. The van der Waals surface area contributed by atoms with E-state index < -0.39 is 16.0 Å². The van der Waals surface area contributed by atoms with Gasteiger partial charge in [0, 0.05) is 12.6 Å². The van der Waals surface area contributed by atoms with Crippen LogP contribution in [0.15, 0.2) is 29.2 Å². The van der Waals surface area contributed by atoms with Crippen molar-refractivity contribution in [3.05, 3.63) is 29.8 Å². The molecule has 0 spiro atoms. The molecule has 0 aliphatic carbocycles. The Balaban J connectivity index is 2.46. The van der Waals surface area contributed by atoms with E-state index in [0.29, 0.717) is 6.54 Å². The van der Waals surface area contributed by atoms with Crippen LogP contribution in [0.4, 0.5) is 0 Å². The fraction of sp³-hybridized carbons (Fsp3) is 0.500. The molecule has 0 saturated carbocycles. The van der Waals surface area contributed by atoms with Gasteiger partial charge in [-0.3, -0.25) is 0 Å². The van der Waals surface area contributed by atoms with Crippen LogP contribution >= 0.6 is 0 Å². The lowest BCUT2D eigenvalue weighted by molar-refractivity contribution is 0.0692. The van der Waals surface area contributed by atoms with Gasteiger partial charge >= 0.3 is 5.97 Å². The van der Waals surface area contributed by atoms with Crippen molar-refractivity contribution in [2.45, 2.75) is 43.5 Å². The summed E-state index contributed by atoms with van der Waals surface area (Å²) in [7, 11) is -3.76. The summed E-state index contributed by atoms with van der Waals surface area (Å²) >= 11 is 0. The van der Waals surface area contributed by atoms with Gasteiger partial charge in [-0.1, -0.05) is 25.0 Å². The van der Waals surface area contributed by atoms with Gasteiger partial charge in [0.2, 0.25) is 10.0 Å². The molecule has 0 bridgehead atoms. The molecule has 110 valence electrons. The SMILES string of the molecule is CC1CCCCCN1S(=O)(=O)c1ccccc1C(=O)O. The molecule has 1 aromatic carbocycles. The van der Waals surface area contributed by atoms with Crippen LogP contribution in [0, 0.1) is 0 Å². The molecule has 6 heteroatoms. The number of aromatic carboxylic acids is 1. The Morgan fingerprint density at radius 1 is 1.25 bits per heavy atom. The third-order valence-electron chi connectivity index (χ3n) is 3.70. The van der Waals surface area contributed by atoms with Crippen LogP contribution in [-0.2, 0) is 10.0 Å². The third-order valence-corrected chi connectivity index (χ3v) is 5.77. The van der Waals surface area contributed by atoms with Gasteiger partial charge in [0.05, 0.1) is 10.5 Å². The van der Waals surface area contributed by atoms with E-state index >= 15 is 0 Å². The number of nitrogens with zero attached hydrogens (tertiary/aromatic N) is 1. The molecule has 1 atom stereocenters. The second kappa shape index (κ2) is 5.93. The highest BCUT2D eigenvalue weighted by Crippen LogP contribution is 2.26. The molecule has 1 aromatic rings. The highest BCUT2D eigenvalue weighted by molar-refractivity contribution is 7.89. The van der Waals surface area contributed by atoms with E-state index in [2.05, 4.69) is 0 Å². The quantitative estimate of drug-likeness (QED) is 0.929. The maximum absolute atomic E-state index is 12.7. The third kappa shape index (κ3) is 2.86. The van der Waals surface area contributed by atoms with Gasteiger partial charge in [0.15, 0.2) is 0 Å². The number of hydrogen-bond donors (Lipinski definition) is 1. The van der Waals surface area contributed by atoms with Gasteiger partial charge in [-0.25, -0.2) is 13.2 Å². The summed E-state index contributed by atoms with van der Waals surface area (Å²) < 4.78 is 26.9. The van der Waals surface area contributed by atoms with E-state index in [1.165, 1.54) is 22.5 Å². The summed E-state index contributed by atoms with van der Waals surface area (Å²) in [5, 5.41) is 9.17. The molecule has 1 fully saturated rings. The van der Waals surface area contributed by atoms with Gasteiger partial charge in [0.1, 0.15) is 0 Å². The van der Waals surface area contributed by atoms with Crippen LogP contribution in [0.1, 0.15) is 43.0 Å². The number of rotatable bonds is 3. The molecule has 1 saturated heterocycles. The summed E-state index contributed by atoms with van der Waals surface area (Å²) in [5.41, 5.74) is -0.163. The lowest BCUT2D eigenvalue weighted by Crippen LogP contribution is -2.38. The first-order chi connectivity index (χ1) is 9.44. The molecule has 20 heavy (non-hydrogen) atoms. The molecule has 1 aliphatic heterocycles. The minimum atomic E-state index is -3.76. The first-order valence-electron chi connectivity index (χ1n) is 6.79. The molecule has 0 aromatic heterocycles. The average molecular weight is 297 g/mol. The molecule has 0 radical (unpaired) electrons. The predicted molar refractivity (Wildman–Crippen MR) is 75.2 cm³/mol. The topological polar surface area (TPSA) is 74.7 Å². The lowest BCUT2D eigenvalue weighted by Gasteiger charge is -2.26. The van der Waals surface area contributed by atoms with Crippen LogP contribution in [0.25, 0.3) is 0 Å². The molecule has 5 nitrogen and oxygen atoms in total. The molecule has 2 rings (SSSR count). The second-order valence-electron chi connectivity index (χ2n) is 5.12. The fourth-order valence-electron chi connectivity index (χ4n) is 2.60. The summed E-state index contributed by atoms with van der Waals surface area (Å²) in [6.45, 7) is 2.34. The highest BCUT2D eigenvalue weighted by atomic mass is 32.2. The van der Waals surface area contributed by atoms with Gasteiger partial charge in [-0.15, -0.1) is 0 Å². The first kappa shape index (κ1) is 15.0. The van der Waals surface area contributed by atoms with Crippen LogP contribution in [-0.4, -0.2) is 36.4 Å². The van der Waals surface area contributed by atoms with Crippen LogP contribution in [0.5, 0.6) is 0 Å². The fourth-order valence-corrected chi connectivity index (χ4v) is 4.49. The Kier molecular flexibility index (Phi) is 4.45. The van der Waals surface area contributed by atoms with Crippen LogP contribution in [0.3, 0.4) is 0 Å². The van der Waals surface area contributed by atoms with Crippen molar-refractivity contribution in [2.24, 2.45) is 0 Å². The van der Waals surface area contributed by atoms with Crippen molar-refractivity contribution in [2.75, 3.05) is 6.54 Å². The van der Waals surface area contributed by atoms with Gasteiger partial charge < -0.3 is 5.11 Å². The average Bonchev–Trinajstić information content (AvgIpc) is 2.63. The maximum Gasteiger partial charge on any atom is 0.337 e. The standard InChI is InChI=1S/C14H19NO4S/c1-11-7-3-2-6-10-15(11)20(18,19)13-9-5-4-8-12(13)14(16)17/h4-5,8-9,11H,2-3,6-7,10H2,1H3,(H,16,17). The first-order valence-corrected chi connectivity index (χ1v) is 8.23. The van der Waals surface area contributed by atoms with E-state index in [-0.39, 0.29) is 16.5 Å². The Hall–Kier alpha value is -1.40. The smallest absolute Gasteiger partial charge is 0.337 e. The molecular formula is C14H19NO4S. The molecule has 1 unspecified atom stereocenters. The Morgan fingerprint density at radius 3 is 2.65 bits per heavy atom. The van der Waals surface area contributed by atoms with Crippen molar-refractivity contribution >= 4 is 16.0 Å². The lowest BCUT2D eigenvalue weighted by atomic mass is 10.1. The van der Waals surface area contributed by atoms with E-state index in [1.54, 1.807) is 6.07 Å². The summed E-state index contributed by atoms with van der Waals surface area (Å²) in [6, 6.07) is 5.70. The van der Waals surface area contributed by atoms with E-state index in [0.717, 1.165) is 25.7 Å². The minimum absolute atomic E-state index is 0.0932. The van der Waals surface area contributed by atoms with Crippen molar-refractivity contribution in [3.8, 4) is 0 Å². The van der Waals surface area contributed by atoms with Crippen molar-refractivity contribution < 1.29 is 18.3 Å². The number of sulfonamides is 1. The highest BCUT2D eigenvalue weighted by Gasteiger charge is 2.32. The summed E-state index contributed by atoms with van der Waals surface area (Å²) in [6.07, 6.45) is 3.65. The minimum Gasteiger partial charge on any atom is -0.478 e. The van der Waals surface area contributed by atoms with Gasteiger partial charge in [0.25, 0.3) is 0 Å².